The number of ether oxygens (including phenoxy) is 3. The van der Waals surface area contributed by atoms with E-state index in [-0.39, 0.29) is 0 Å². The minimum Gasteiger partial charge on any atom is -0.497 e. The summed E-state index contributed by atoms with van der Waals surface area (Å²) in [5, 5.41) is 3.95. The van der Waals surface area contributed by atoms with E-state index in [4.69, 9.17) is 19.9 Å². The molecule has 1 aromatic heterocycles. The van der Waals surface area contributed by atoms with Gasteiger partial charge in [0, 0.05) is 23.2 Å². The van der Waals surface area contributed by atoms with Gasteiger partial charge in [-0.05, 0) is 32.0 Å². The first-order valence-corrected chi connectivity index (χ1v) is 8.57. The minimum absolute atomic E-state index is 0.363. The van der Waals surface area contributed by atoms with Crippen LogP contribution >= 0.6 is 0 Å². The summed E-state index contributed by atoms with van der Waals surface area (Å²) in [7, 11) is 3.12. The van der Waals surface area contributed by atoms with Crippen molar-refractivity contribution in [3.05, 3.63) is 42.7 Å². The molecule has 3 N–H and O–H groups in total. The van der Waals surface area contributed by atoms with Gasteiger partial charge in [-0.25, -0.2) is 9.97 Å². The summed E-state index contributed by atoms with van der Waals surface area (Å²) in [6.07, 6.45) is 1.46. The molecule has 8 heteroatoms. The minimum atomic E-state index is -1.21. The zero-order valence-corrected chi connectivity index (χ0v) is 16.1. The Labute approximate surface area is 162 Å². The van der Waals surface area contributed by atoms with Gasteiger partial charge in [-0.2, -0.15) is 0 Å². The lowest BCUT2D eigenvalue weighted by Crippen LogP contribution is -2.43. The average Bonchev–Trinajstić information content (AvgIpc) is 2.67. The normalized spacial score (nSPS) is 11.1. The third-order valence-electron chi connectivity index (χ3n) is 4.21. The molecule has 0 aliphatic carbocycles. The van der Waals surface area contributed by atoms with Crippen LogP contribution in [0, 0.1) is 0 Å². The summed E-state index contributed by atoms with van der Waals surface area (Å²) in [5.74, 6) is 1.50. The molecular formula is C20H22N4O4. The number of nitrogens with one attached hydrogen (secondary N) is 1. The summed E-state index contributed by atoms with van der Waals surface area (Å²) >= 11 is 0. The molecule has 0 radical (unpaired) electrons. The second kappa shape index (κ2) is 7.59. The first kappa shape index (κ1) is 19.2. The molecule has 3 aromatic rings. The van der Waals surface area contributed by atoms with E-state index in [1.165, 1.54) is 13.4 Å². The fourth-order valence-corrected chi connectivity index (χ4v) is 2.57. The highest BCUT2D eigenvalue weighted by Crippen LogP contribution is 2.36. The Hall–Kier alpha value is -3.55. The Morgan fingerprint density at radius 1 is 1.07 bits per heavy atom. The van der Waals surface area contributed by atoms with Gasteiger partial charge in [0.05, 0.1) is 19.7 Å². The molecule has 0 saturated carbocycles. The van der Waals surface area contributed by atoms with Crippen LogP contribution in [-0.4, -0.2) is 35.7 Å². The number of carbonyl (C=O) groups excluding carboxylic acids is 1. The molecule has 28 heavy (non-hydrogen) atoms. The number of amides is 1. The summed E-state index contributed by atoms with van der Waals surface area (Å²) < 4.78 is 16.5. The van der Waals surface area contributed by atoms with Crippen molar-refractivity contribution in [2.75, 3.05) is 19.5 Å². The third-order valence-corrected chi connectivity index (χ3v) is 4.21. The van der Waals surface area contributed by atoms with Gasteiger partial charge in [0.2, 0.25) is 0 Å². The van der Waals surface area contributed by atoms with Crippen LogP contribution in [0.15, 0.2) is 42.7 Å². The van der Waals surface area contributed by atoms with Crippen LogP contribution in [0.1, 0.15) is 13.8 Å². The lowest BCUT2D eigenvalue weighted by atomic mass is 10.1. The number of hydrogen-bond acceptors (Lipinski definition) is 7. The van der Waals surface area contributed by atoms with Crippen LogP contribution in [0.2, 0.25) is 0 Å². The molecule has 0 aliphatic heterocycles. The van der Waals surface area contributed by atoms with Gasteiger partial charge in [-0.1, -0.05) is 6.07 Å². The second-order valence-corrected chi connectivity index (χ2v) is 6.58. The molecule has 0 unspecified atom stereocenters. The molecule has 0 saturated heterocycles. The number of carbonyl (C=O) groups is 1. The first-order chi connectivity index (χ1) is 13.3. The van der Waals surface area contributed by atoms with Crippen molar-refractivity contribution in [2.24, 2.45) is 5.73 Å². The number of fused-ring (bicyclic) bond motifs is 1. The highest BCUT2D eigenvalue weighted by Gasteiger charge is 2.29. The van der Waals surface area contributed by atoms with Gasteiger partial charge in [0.1, 0.15) is 17.9 Å². The Kier molecular flexibility index (Phi) is 5.21. The topological polar surface area (TPSA) is 109 Å². The molecule has 146 valence electrons. The second-order valence-electron chi connectivity index (χ2n) is 6.58. The fourth-order valence-electron chi connectivity index (χ4n) is 2.57. The summed E-state index contributed by atoms with van der Waals surface area (Å²) in [6.45, 7) is 3.19. The summed E-state index contributed by atoms with van der Waals surface area (Å²) in [6, 6.07) is 10.9. The van der Waals surface area contributed by atoms with E-state index in [2.05, 4.69) is 15.3 Å². The molecule has 1 heterocycles. The van der Waals surface area contributed by atoms with Gasteiger partial charge in [0.15, 0.2) is 17.1 Å². The van der Waals surface area contributed by atoms with E-state index >= 15 is 0 Å². The highest BCUT2D eigenvalue weighted by molar-refractivity contribution is 5.93. The largest absolute Gasteiger partial charge is 0.497 e. The average molecular weight is 382 g/mol. The van der Waals surface area contributed by atoms with Gasteiger partial charge < -0.3 is 25.3 Å². The molecule has 2 aromatic carbocycles. The van der Waals surface area contributed by atoms with Crippen molar-refractivity contribution in [2.45, 2.75) is 19.4 Å². The van der Waals surface area contributed by atoms with Crippen molar-refractivity contribution < 1.29 is 19.0 Å². The van der Waals surface area contributed by atoms with Crippen molar-refractivity contribution in [3.8, 4) is 17.2 Å². The maximum atomic E-state index is 11.7. The van der Waals surface area contributed by atoms with Crippen molar-refractivity contribution in [1.29, 1.82) is 0 Å². The predicted octanol–water partition coefficient (Wildman–Crippen LogP) is 3.03. The molecule has 0 spiro atoms. The first-order valence-electron chi connectivity index (χ1n) is 8.57. The number of methoxy groups -OCH3 is 2. The fraction of sp³-hybridized carbons (Fsp3) is 0.250. The Balaban J connectivity index is 2.06. The van der Waals surface area contributed by atoms with Crippen LogP contribution in [0.25, 0.3) is 10.9 Å². The number of anilines is 2. The zero-order valence-electron chi connectivity index (χ0n) is 16.1. The van der Waals surface area contributed by atoms with Crippen molar-refractivity contribution >= 4 is 28.3 Å². The summed E-state index contributed by atoms with van der Waals surface area (Å²) in [4.78, 5) is 20.3. The van der Waals surface area contributed by atoms with Crippen LogP contribution in [0.3, 0.4) is 0 Å². The SMILES string of the molecule is COc1cccc(Nc2ncnc3cc(OC)c(OC(C)(C)C(N)=O)cc23)c1. The molecule has 3 rings (SSSR count). The number of hydrogen-bond donors (Lipinski definition) is 2. The molecule has 1 amide bonds. The van der Waals surface area contributed by atoms with E-state index in [1.807, 2.05) is 24.3 Å². The van der Waals surface area contributed by atoms with Gasteiger partial charge in [-0.15, -0.1) is 0 Å². The predicted molar refractivity (Wildman–Crippen MR) is 106 cm³/mol. The molecule has 8 nitrogen and oxygen atoms in total. The molecular weight excluding hydrogens is 360 g/mol. The van der Waals surface area contributed by atoms with E-state index in [9.17, 15) is 4.79 Å². The van der Waals surface area contributed by atoms with Crippen LogP contribution in [0.4, 0.5) is 11.5 Å². The van der Waals surface area contributed by atoms with Crippen molar-refractivity contribution in [3.63, 3.8) is 0 Å². The van der Waals surface area contributed by atoms with Gasteiger partial charge >= 0.3 is 0 Å². The van der Waals surface area contributed by atoms with E-state index < -0.39 is 11.5 Å². The van der Waals surface area contributed by atoms with E-state index in [0.717, 1.165) is 11.4 Å². The number of primary amides is 1. The molecule has 0 bridgehead atoms. The maximum absolute atomic E-state index is 11.7. The third kappa shape index (κ3) is 3.90. The highest BCUT2D eigenvalue weighted by atomic mass is 16.5. The standard InChI is InChI=1S/C20H22N4O4/c1-20(2,19(21)25)28-17-9-14-15(10-16(17)27-4)22-11-23-18(14)24-12-6-5-7-13(8-12)26-3/h5-11H,1-4H3,(H2,21,25)(H,22,23,24). The maximum Gasteiger partial charge on any atom is 0.261 e. The number of benzene rings is 2. The Morgan fingerprint density at radius 2 is 1.86 bits per heavy atom. The molecule has 0 fully saturated rings. The Bertz CT molecular complexity index is 1020. The number of nitrogens with zero attached hydrogens (tertiary/aromatic N) is 2. The monoisotopic (exact) mass is 382 g/mol. The van der Waals surface area contributed by atoms with Crippen LogP contribution < -0.4 is 25.3 Å². The lowest BCUT2D eigenvalue weighted by Gasteiger charge is -2.24. The Morgan fingerprint density at radius 3 is 2.54 bits per heavy atom. The van der Waals surface area contributed by atoms with Gasteiger partial charge in [0.25, 0.3) is 5.91 Å². The van der Waals surface area contributed by atoms with E-state index in [1.54, 1.807) is 33.1 Å². The number of aromatic nitrogens is 2. The quantitative estimate of drug-likeness (QED) is 0.646. The van der Waals surface area contributed by atoms with E-state index in [0.29, 0.717) is 28.2 Å². The zero-order chi connectivity index (χ0) is 20.3. The van der Waals surface area contributed by atoms with Gasteiger partial charge in [-0.3, -0.25) is 4.79 Å². The number of rotatable bonds is 7. The van der Waals surface area contributed by atoms with Crippen molar-refractivity contribution in [1.82, 2.24) is 9.97 Å². The molecule has 0 aliphatic rings. The number of nitrogens with two attached hydrogens (primary N) is 1. The smallest absolute Gasteiger partial charge is 0.261 e. The lowest BCUT2D eigenvalue weighted by molar-refractivity contribution is -0.130. The van der Waals surface area contributed by atoms with Crippen LogP contribution in [-0.2, 0) is 4.79 Å². The van der Waals surface area contributed by atoms with Crippen LogP contribution in [0.5, 0.6) is 17.2 Å². The molecule has 0 atom stereocenters. The summed E-state index contributed by atoms with van der Waals surface area (Å²) in [5.41, 5.74) is 5.67.